The van der Waals surface area contributed by atoms with E-state index < -0.39 is 22.2 Å². The Bertz CT molecular complexity index is 764. The number of ether oxygens (including phenoxy) is 2. The summed E-state index contributed by atoms with van der Waals surface area (Å²) in [7, 11) is -2.00. The molecule has 10 heteroatoms. The van der Waals surface area contributed by atoms with E-state index in [9.17, 15) is 18.3 Å². The van der Waals surface area contributed by atoms with Crippen LogP contribution >= 0.6 is 0 Å². The van der Waals surface area contributed by atoms with Crippen LogP contribution in [-0.2, 0) is 19.7 Å². The zero-order chi connectivity index (χ0) is 20.1. The van der Waals surface area contributed by atoms with Gasteiger partial charge in [-0.05, 0) is 24.1 Å². The molecule has 2 aliphatic heterocycles. The van der Waals surface area contributed by atoms with E-state index >= 15 is 0 Å². The summed E-state index contributed by atoms with van der Waals surface area (Å²) < 4.78 is 39.1. The number of hydrogen-bond acceptors (Lipinski definition) is 6. The highest BCUT2D eigenvalue weighted by atomic mass is 32.2. The maximum Gasteiger partial charge on any atom is 0.325 e. The molecule has 0 spiro atoms. The quantitative estimate of drug-likeness (QED) is 0.721. The average Bonchev–Trinajstić information content (AvgIpc) is 2.96. The molecule has 9 nitrogen and oxygen atoms in total. The third-order valence-corrected chi connectivity index (χ3v) is 7.18. The largest absolute Gasteiger partial charge is 0.497 e. The highest BCUT2D eigenvalue weighted by molar-refractivity contribution is 7.86. The predicted octanol–water partition coefficient (Wildman–Crippen LogP) is 0.406. The summed E-state index contributed by atoms with van der Waals surface area (Å²) in [4.78, 5) is 13.8. The van der Waals surface area contributed by atoms with E-state index in [0.29, 0.717) is 63.7 Å². The molecule has 3 rings (SSSR count). The molecule has 1 aromatic carbocycles. The van der Waals surface area contributed by atoms with Crippen LogP contribution in [0.1, 0.15) is 18.0 Å². The standard InChI is InChI=1S/C18H27N3O6S/c1-26-16-5-3-15(4-6-16)17(18(22)23)19-7-2-8-20(10-9-19)28(24,25)21-11-13-27-14-12-21/h3-6,17H,2,7-14H2,1H3,(H,22,23). The van der Waals surface area contributed by atoms with E-state index in [1.54, 1.807) is 31.4 Å². The molecule has 156 valence electrons. The Morgan fingerprint density at radius 3 is 2.29 bits per heavy atom. The lowest BCUT2D eigenvalue weighted by atomic mass is 10.0. The number of hydrogen-bond donors (Lipinski definition) is 1. The summed E-state index contributed by atoms with van der Waals surface area (Å²) in [5.74, 6) is -0.291. The van der Waals surface area contributed by atoms with E-state index in [-0.39, 0.29) is 6.54 Å². The number of nitrogens with zero attached hydrogens (tertiary/aromatic N) is 3. The van der Waals surface area contributed by atoms with Crippen LogP contribution in [0.3, 0.4) is 0 Å². The van der Waals surface area contributed by atoms with Crippen molar-refractivity contribution in [1.29, 1.82) is 0 Å². The number of rotatable bonds is 6. The monoisotopic (exact) mass is 413 g/mol. The van der Waals surface area contributed by atoms with Gasteiger partial charge in [0.15, 0.2) is 0 Å². The van der Waals surface area contributed by atoms with Gasteiger partial charge < -0.3 is 14.6 Å². The maximum absolute atomic E-state index is 12.9. The van der Waals surface area contributed by atoms with Crippen LogP contribution in [0.5, 0.6) is 5.75 Å². The fourth-order valence-corrected chi connectivity index (χ4v) is 5.25. The van der Waals surface area contributed by atoms with Gasteiger partial charge in [0.05, 0.1) is 20.3 Å². The second kappa shape index (κ2) is 9.19. The van der Waals surface area contributed by atoms with Gasteiger partial charge in [-0.3, -0.25) is 9.69 Å². The first-order valence-electron chi connectivity index (χ1n) is 9.37. The lowest BCUT2D eigenvalue weighted by Gasteiger charge is -2.32. The molecule has 2 saturated heterocycles. The second-order valence-electron chi connectivity index (χ2n) is 6.82. The minimum atomic E-state index is -3.56. The fourth-order valence-electron chi connectivity index (χ4n) is 3.64. The highest BCUT2D eigenvalue weighted by Gasteiger charge is 2.35. The van der Waals surface area contributed by atoms with Crippen LogP contribution in [0.4, 0.5) is 0 Å². The number of methoxy groups -OCH3 is 1. The van der Waals surface area contributed by atoms with Crippen molar-refractivity contribution in [3.63, 3.8) is 0 Å². The second-order valence-corrected chi connectivity index (χ2v) is 8.75. The van der Waals surface area contributed by atoms with E-state index in [1.165, 1.54) is 8.61 Å². The smallest absolute Gasteiger partial charge is 0.325 e. The molecule has 0 aliphatic carbocycles. The number of benzene rings is 1. The van der Waals surface area contributed by atoms with Gasteiger partial charge in [-0.15, -0.1) is 0 Å². The molecule has 1 N–H and O–H groups in total. The molecule has 28 heavy (non-hydrogen) atoms. The first-order chi connectivity index (χ1) is 13.4. The molecule has 1 unspecified atom stereocenters. The van der Waals surface area contributed by atoms with Crippen LogP contribution < -0.4 is 4.74 Å². The van der Waals surface area contributed by atoms with Gasteiger partial charge in [0.1, 0.15) is 11.8 Å². The van der Waals surface area contributed by atoms with E-state index in [1.807, 2.05) is 4.90 Å². The molecule has 2 fully saturated rings. The summed E-state index contributed by atoms with van der Waals surface area (Å²) in [5.41, 5.74) is 0.651. The van der Waals surface area contributed by atoms with Crippen LogP contribution in [0.15, 0.2) is 24.3 Å². The summed E-state index contributed by atoms with van der Waals surface area (Å²) in [5, 5.41) is 9.80. The number of morpholine rings is 1. The Morgan fingerprint density at radius 1 is 1.04 bits per heavy atom. The number of carbonyl (C=O) groups is 1. The summed E-state index contributed by atoms with van der Waals surface area (Å²) >= 11 is 0. The van der Waals surface area contributed by atoms with Crippen LogP contribution in [0, 0.1) is 0 Å². The Balaban J connectivity index is 1.72. The van der Waals surface area contributed by atoms with Crippen molar-refractivity contribution in [3.8, 4) is 5.75 Å². The lowest BCUT2D eigenvalue weighted by Crippen LogP contribution is -2.49. The lowest BCUT2D eigenvalue weighted by molar-refractivity contribution is -0.143. The minimum absolute atomic E-state index is 0.264. The Kier molecular flexibility index (Phi) is 6.89. The number of carboxylic acids is 1. The Morgan fingerprint density at radius 2 is 1.68 bits per heavy atom. The summed E-state index contributed by atoms with van der Waals surface area (Å²) in [6.07, 6.45) is 0.573. The highest BCUT2D eigenvalue weighted by Crippen LogP contribution is 2.25. The molecule has 0 aromatic heterocycles. The van der Waals surface area contributed by atoms with Crippen LogP contribution in [-0.4, -0.2) is 92.6 Å². The van der Waals surface area contributed by atoms with Crippen molar-refractivity contribution >= 4 is 16.2 Å². The van der Waals surface area contributed by atoms with Crippen molar-refractivity contribution in [2.45, 2.75) is 12.5 Å². The van der Waals surface area contributed by atoms with Crippen molar-refractivity contribution in [1.82, 2.24) is 13.5 Å². The number of carboxylic acid groups (broad SMARTS) is 1. The van der Waals surface area contributed by atoms with Crippen molar-refractivity contribution < 1.29 is 27.8 Å². The first-order valence-corrected chi connectivity index (χ1v) is 10.8. The van der Waals surface area contributed by atoms with Gasteiger partial charge in [0, 0.05) is 39.3 Å². The average molecular weight is 413 g/mol. The van der Waals surface area contributed by atoms with Crippen molar-refractivity contribution in [2.24, 2.45) is 0 Å². The molecule has 0 radical (unpaired) electrons. The van der Waals surface area contributed by atoms with E-state index in [0.717, 1.165) is 0 Å². The van der Waals surface area contributed by atoms with Gasteiger partial charge in [-0.25, -0.2) is 0 Å². The SMILES string of the molecule is COc1ccc(C(C(=O)O)N2CCCN(S(=O)(=O)N3CCOCC3)CC2)cc1. The van der Waals surface area contributed by atoms with Crippen LogP contribution in [0.25, 0.3) is 0 Å². The number of aliphatic carboxylic acids is 1. The van der Waals surface area contributed by atoms with Gasteiger partial charge in [-0.1, -0.05) is 12.1 Å². The van der Waals surface area contributed by atoms with Gasteiger partial charge >= 0.3 is 5.97 Å². The van der Waals surface area contributed by atoms with E-state index in [2.05, 4.69) is 0 Å². The molecule has 2 aliphatic rings. The Labute approximate surface area is 165 Å². The third kappa shape index (κ3) is 4.64. The molecule has 2 heterocycles. The fraction of sp³-hybridized carbons (Fsp3) is 0.611. The predicted molar refractivity (Wildman–Crippen MR) is 102 cm³/mol. The zero-order valence-corrected chi connectivity index (χ0v) is 16.8. The minimum Gasteiger partial charge on any atom is -0.497 e. The summed E-state index contributed by atoms with van der Waals surface area (Å²) in [6, 6.07) is 6.13. The molecule has 0 bridgehead atoms. The normalized spacial score (nSPS) is 21.8. The van der Waals surface area contributed by atoms with Crippen molar-refractivity contribution in [2.75, 3.05) is 59.6 Å². The van der Waals surface area contributed by atoms with Gasteiger partial charge in [-0.2, -0.15) is 17.0 Å². The zero-order valence-electron chi connectivity index (χ0n) is 16.0. The molecule has 1 aromatic rings. The molecule has 0 amide bonds. The van der Waals surface area contributed by atoms with Gasteiger partial charge in [0.25, 0.3) is 10.2 Å². The van der Waals surface area contributed by atoms with E-state index in [4.69, 9.17) is 9.47 Å². The van der Waals surface area contributed by atoms with Gasteiger partial charge in [0.2, 0.25) is 0 Å². The van der Waals surface area contributed by atoms with Crippen LogP contribution in [0.2, 0.25) is 0 Å². The third-order valence-electron chi connectivity index (χ3n) is 5.14. The molecular weight excluding hydrogens is 386 g/mol. The molecule has 0 saturated carbocycles. The van der Waals surface area contributed by atoms with Crippen molar-refractivity contribution in [3.05, 3.63) is 29.8 Å². The molecular formula is C18H27N3O6S. The maximum atomic E-state index is 12.9. The molecule has 1 atom stereocenters. The first kappa shape index (κ1) is 21.0. The summed E-state index contributed by atoms with van der Waals surface area (Å²) in [6.45, 7) is 3.02. The topological polar surface area (TPSA) is 99.6 Å². The Hall–Kier alpha value is -1.72.